The molecule has 3 nitrogen and oxygen atoms in total. The number of rotatable bonds is 5. The van der Waals surface area contributed by atoms with Crippen molar-refractivity contribution in [2.24, 2.45) is 0 Å². The van der Waals surface area contributed by atoms with Crippen molar-refractivity contribution in [1.82, 2.24) is 4.90 Å². The molecule has 0 spiro atoms. The highest BCUT2D eigenvalue weighted by Crippen LogP contribution is 2.22. The van der Waals surface area contributed by atoms with Crippen LogP contribution < -0.4 is 0 Å². The van der Waals surface area contributed by atoms with E-state index in [0.29, 0.717) is 5.25 Å². The van der Waals surface area contributed by atoms with Crippen LogP contribution >= 0.6 is 11.8 Å². The van der Waals surface area contributed by atoms with E-state index >= 15 is 0 Å². The number of aliphatic hydroxyl groups is 1. The average molecular weight is 245 g/mol. The van der Waals surface area contributed by atoms with E-state index in [9.17, 15) is 4.79 Å². The zero-order valence-electron chi connectivity index (χ0n) is 10.3. The van der Waals surface area contributed by atoms with Crippen LogP contribution in [0.2, 0.25) is 0 Å². The lowest BCUT2D eigenvalue weighted by molar-refractivity contribution is -0.131. The predicted octanol–water partition coefficient (Wildman–Crippen LogP) is 1.89. The van der Waals surface area contributed by atoms with Gasteiger partial charge in [-0.1, -0.05) is 6.92 Å². The molecular weight excluding hydrogens is 222 g/mol. The Morgan fingerprint density at radius 3 is 2.50 bits per heavy atom. The maximum atomic E-state index is 12.1. The van der Waals surface area contributed by atoms with Crippen LogP contribution in [0.25, 0.3) is 0 Å². The minimum Gasteiger partial charge on any atom is -0.396 e. The summed E-state index contributed by atoms with van der Waals surface area (Å²) in [4.78, 5) is 14.1. The Bertz CT molecular complexity index is 217. The van der Waals surface area contributed by atoms with Gasteiger partial charge < -0.3 is 10.0 Å². The van der Waals surface area contributed by atoms with Gasteiger partial charge in [-0.3, -0.25) is 4.79 Å². The van der Waals surface area contributed by atoms with E-state index in [1.807, 2.05) is 11.8 Å². The molecule has 2 unspecified atom stereocenters. The Labute approximate surface area is 103 Å². The quantitative estimate of drug-likeness (QED) is 0.804. The van der Waals surface area contributed by atoms with Crippen molar-refractivity contribution in [3.63, 3.8) is 0 Å². The van der Waals surface area contributed by atoms with Gasteiger partial charge in [0.15, 0.2) is 0 Å². The maximum absolute atomic E-state index is 12.1. The largest absolute Gasteiger partial charge is 0.396 e. The van der Waals surface area contributed by atoms with Crippen molar-refractivity contribution in [3.05, 3.63) is 0 Å². The number of piperidine rings is 1. The summed E-state index contributed by atoms with van der Waals surface area (Å²) in [5, 5.41) is 9.21. The molecule has 1 rings (SSSR count). The maximum Gasteiger partial charge on any atom is 0.235 e. The Morgan fingerprint density at radius 1 is 1.31 bits per heavy atom. The van der Waals surface area contributed by atoms with Crippen molar-refractivity contribution in [2.75, 3.05) is 19.7 Å². The summed E-state index contributed by atoms with van der Waals surface area (Å²) in [6, 6.07) is 0. The normalized spacial score (nSPS) is 20.6. The molecule has 0 saturated carbocycles. The smallest absolute Gasteiger partial charge is 0.235 e. The number of thioether (sulfide) groups is 1. The van der Waals surface area contributed by atoms with E-state index in [1.54, 1.807) is 11.8 Å². The van der Waals surface area contributed by atoms with Gasteiger partial charge in [0, 0.05) is 24.9 Å². The molecule has 1 N–H and O–H groups in total. The standard InChI is InChI=1S/C12H23NO2S/c1-10(6-9-14)16-11(2)12(15)13-7-4-3-5-8-13/h10-11,14H,3-9H2,1-2H3. The first kappa shape index (κ1) is 13.8. The third-order valence-corrected chi connectivity index (χ3v) is 4.30. The topological polar surface area (TPSA) is 40.5 Å². The summed E-state index contributed by atoms with van der Waals surface area (Å²) in [6.07, 6.45) is 4.32. The minimum absolute atomic E-state index is 0.0275. The second kappa shape index (κ2) is 7.17. The SMILES string of the molecule is CC(CCO)SC(C)C(=O)N1CCCCC1. The van der Waals surface area contributed by atoms with Crippen LogP contribution in [0.3, 0.4) is 0 Å². The van der Waals surface area contributed by atoms with E-state index < -0.39 is 0 Å². The summed E-state index contributed by atoms with van der Waals surface area (Å²) < 4.78 is 0. The lowest BCUT2D eigenvalue weighted by Crippen LogP contribution is -2.40. The number of amides is 1. The third-order valence-electron chi connectivity index (χ3n) is 2.99. The average Bonchev–Trinajstić information content (AvgIpc) is 2.29. The summed E-state index contributed by atoms with van der Waals surface area (Å²) in [5.41, 5.74) is 0. The fraction of sp³-hybridized carbons (Fsp3) is 0.917. The molecule has 0 aromatic carbocycles. The van der Waals surface area contributed by atoms with Gasteiger partial charge in [0.1, 0.15) is 0 Å². The number of carbonyl (C=O) groups excluding carboxylic acids is 1. The molecule has 1 aliphatic heterocycles. The molecule has 1 aliphatic rings. The van der Waals surface area contributed by atoms with E-state index in [0.717, 1.165) is 32.4 Å². The van der Waals surface area contributed by atoms with Crippen LogP contribution in [0.1, 0.15) is 39.5 Å². The fourth-order valence-corrected chi connectivity index (χ4v) is 3.23. The summed E-state index contributed by atoms with van der Waals surface area (Å²) in [7, 11) is 0. The van der Waals surface area contributed by atoms with E-state index in [1.165, 1.54) is 6.42 Å². The molecule has 16 heavy (non-hydrogen) atoms. The third kappa shape index (κ3) is 4.34. The second-order valence-electron chi connectivity index (χ2n) is 4.49. The molecule has 0 aromatic heterocycles. The molecule has 1 saturated heterocycles. The first-order valence-corrected chi connectivity index (χ1v) is 7.14. The van der Waals surface area contributed by atoms with Gasteiger partial charge in [-0.05, 0) is 32.6 Å². The van der Waals surface area contributed by atoms with Gasteiger partial charge in [0.05, 0.1) is 5.25 Å². The van der Waals surface area contributed by atoms with E-state index in [2.05, 4.69) is 6.92 Å². The first-order chi connectivity index (χ1) is 7.65. The first-order valence-electron chi connectivity index (χ1n) is 6.20. The lowest BCUT2D eigenvalue weighted by atomic mass is 10.1. The fourth-order valence-electron chi connectivity index (χ4n) is 2.03. The van der Waals surface area contributed by atoms with Gasteiger partial charge >= 0.3 is 0 Å². The molecule has 0 radical (unpaired) electrons. The number of hydrogen-bond acceptors (Lipinski definition) is 3. The Hall–Kier alpha value is -0.220. The molecule has 1 fully saturated rings. The van der Waals surface area contributed by atoms with Gasteiger partial charge in [-0.2, -0.15) is 0 Å². The summed E-state index contributed by atoms with van der Waals surface area (Å²) >= 11 is 1.67. The zero-order chi connectivity index (χ0) is 12.0. The number of hydrogen-bond donors (Lipinski definition) is 1. The van der Waals surface area contributed by atoms with Crippen LogP contribution in [0.4, 0.5) is 0 Å². The molecule has 2 atom stereocenters. The van der Waals surface area contributed by atoms with Crippen LogP contribution in [0.15, 0.2) is 0 Å². The van der Waals surface area contributed by atoms with Crippen molar-refractivity contribution < 1.29 is 9.90 Å². The monoisotopic (exact) mass is 245 g/mol. The number of likely N-dealkylation sites (tertiary alicyclic amines) is 1. The van der Waals surface area contributed by atoms with E-state index in [4.69, 9.17) is 5.11 Å². The van der Waals surface area contributed by atoms with Gasteiger partial charge in [0.2, 0.25) is 5.91 Å². The van der Waals surface area contributed by atoms with Crippen LogP contribution in [0.5, 0.6) is 0 Å². The predicted molar refractivity (Wildman–Crippen MR) is 68.6 cm³/mol. The molecule has 0 aromatic rings. The number of carbonyl (C=O) groups is 1. The summed E-state index contributed by atoms with van der Waals surface area (Å²) in [6.45, 7) is 6.12. The molecular formula is C12H23NO2S. The van der Waals surface area contributed by atoms with Crippen molar-refractivity contribution in [2.45, 2.75) is 50.0 Å². The van der Waals surface area contributed by atoms with Gasteiger partial charge in [-0.15, -0.1) is 11.8 Å². The molecule has 1 amide bonds. The van der Waals surface area contributed by atoms with Crippen molar-refractivity contribution >= 4 is 17.7 Å². The molecule has 94 valence electrons. The van der Waals surface area contributed by atoms with Gasteiger partial charge in [0.25, 0.3) is 0 Å². The van der Waals surface area contributed by atoms with Crippen molar-refractivity contribution in [1.29, 1.82) is 0 Å². The van der Waals surface area contributed by atoms with Crippen molar-refractivity contribution in [3.8, 4) is 0 Å². The molecule has 0 bridgehead atoms. The second-order valence-corrected chi connectivity index (χ2v) is 6.27. The van der Waals surface area contributed by atoms with E-state index in [-0.39, 0.29) is 17.8 Å². The highest BCUT2D eigenvalue weighted by atomic mass is 32.2. The van der Waals surface area contributed by atoms with Crippen LogP contribution in [-0.4, -0.2) is 46.1 Å². The number of nitrogens with zero attached hydrogens (tertiary/aromatic N) is 1. The highest BCUT2D eigenvalue weighted by Gasteiger charge is 2.23. The molecule has 4 heteroatoms. The molecule has 1 heterocycles. The zero-order valence-corrected chi connectivity index (χ0v) is 11.1. The highest BCUT2D eigenvalue weighted by molar-refractivity contribution is 8.01. The Morgan fingerprint density at radius 2 is 1.94 bits per heavy atom. The van der Waals surface area contributed by atoms with Crippen LogP contribution in [0, 0.1) is 0 Å². The summed E-state index contributed by atoms with van der Waals surface area (Å²) in [5.74, 6) is 0.273. The Balaban J connectivity index is 2.34. The van der Waals surface area contributed by atoms with Gasteiger partial charge in [-0.25, -0.2) is 0 Å². The lowest BCUT2D eigenvalue weighted by Gasteiger charge is -2.29. The number of aliphatic hydroxyl groups excluding tert-OH is 1. The minimum atomic E-state index is 0.0275. The molecule has 0 aliphatic carbocycles. The Kier molecular flexibility index (Phi) is 6.21. The van der Waals surface area contributed by atoms with Crippen LogP contribution in [-0.2, 0) is 4.79 Å².